The Kier molecular flexibility index (Phi) is 2.24. The molecule has 1 rings (SSSR count). The normalized spacial score (nSPS) is 9.10. The molecule has 4 heteroatoms. The summed E-state index contributed by atoms with van der Waals surface area (Å²) >= 11 is 4.62. The molecule has 0 saturated carbocycles. The van der Waals surface area contributed by atoms with E-state index in [-0.39, 0.29) is 4.84 Å². The van der Waals surface area contributed by atoms with Crippen molar-refractivity contribution in [2.45, 2.75) is 12.8 Å². The van der Waals surface area contributed by atoms with E-state index in [1.165, 1.54) is 0 Å². The van der Waals surface area contributed by atoms with Crippen LogP contribution in [-0.2, 0) is 6.42 Å². The largest absolute Gasteiger partial charge is 0.348 e. The maximum absolute atomic E-state index is 5.03. The van der Waals surface area contributed by atoms with Crippen molar-refractivity contribution in [2.75, 3.05) is 0 Å². The summed E-state index contributed by atoms with van der Waals surface area (Å²) in [5, 5.41) is 2.55. The minimum Gasteiger partial charge on any atom is -0.348 e. The molecule has 1 aromatic rings. The van der Waals surface area contributed by atoms with Crippen molar-refractivity contribution in [1.29, 1.82) is 0 Å². The van der Waals surface area contributed by atoms with Crippen molar-refractivity contribution in [3.8, 4) is 12.3 Å². The number of nitrogens with zero attached hydrogens (tertiary/aromatic N) is 1. The van der Waals surface area contributed by atoms with Gasteiger partial charge in [-0.25, -0.2) is 5.16 Å². The van der Waals surface area contributed by atoms with Gasteiger partial charge >= 0.3 is 4.84 Å². The molecule has 3 nitrogen and oxygen atoms in total. The lowest BCUT2D eigenvalue weighted by molar-refractivity contribution is 0.398. The van der Waals surface area contributed by atoms with Crippen LogP contribution in [0.25, 0.3) is 0 Å². The van der Waals surface area contributed by atoms with Crippen molar-refractivity contribution >= 4 is 12.2 Å². The summed E-state index contributed by atoms with van der Waals surface area (Å²) in [6.07, 6.45) is 6.38. The van der Waals surface area contributed by atoms with Gasteiger partial charge in [0.05, 0.1) is 0 Å². The molecule has 0 bridgehead atoms. The second-order valence-electron chi connectivity index (χ2n) is 1.73. The van der Waals surface area contributed by atoms with Gasteiger partial charge in [0.1, 0.15) is 5.82 Å². The van der Waals surface area contributed by atoms with Crippen LogP contribution < -0.4 is 0 Å². The van der Waals surface area contributed by atoms with Gasteiger partial charge in [-0.15, -0.1) is 12.3 Å². The lowest BCUT2D eigenvalue weighted by Crippen LogP contribution is -1.84. The van der Waals surface area contributed by atoms with E-state index in [0.29, 0.717) is 18.7 Å². The molecular formula is C6H6N2OS. The van der Waals surface area contributed by atoms with E-state index in [1.807, 2.05) is 0 Å². The summed E-state index contributed by atoms with van der Waals surface area (Å²) < 4.78 is 4.67. The molecule has 0 fully saturated rings. The first-order valence-corrected chi connectivity index (χ1v) is 3.21. The third-order valence-electron chi connectivity index (χ3n) is 0.989. The number of aromatic nitrogens is 2. The fourth-order valence-electron chi connectivity index (χ4n) is 0.556. The number of hydrogen-bond donors (Lipinski definition) is 1. The van der Waals surface area contributed by atoms with Crippen LogP contribution in [0.2, 0.25) is 0 Å². The second kappa shape index (κ2) is 3.18. The highest BCUT2D eigenvalue weighted by Gasteiger charge is 1.94. The summed E-state index contributed by atoms with van der Waals surface area (Å²) in [6.45, 7) is 0. The summed E-state index contributed by atoms with van der Waals surface area (Å²) in [4.78, 5) is 4.07. The third-order valence-corrected chi connectivity index (χ3v) is 1.16. The number of H-pyrrole nitrogens is 1. The Labute approximate surface area is 63.4 Å². The Balaban J connectivity index is 2.61. The lowest BCUT2D eigenvalue weighted by atomic mass is 10.3. The van der Waals surface area contributed by atoms with Gasteiger partial charge in [0.15, 0.2) is 0 Å². The summed E-state index contributed by atoms with van der Waals surface area (Å²) in [5.41, 5.74) is 0. The number of terminal acetylenes is 1. The monoisotopic (exact) mass is 154 g/mol. The van der Waals surface area contributed by atoms with E-state index in [1.54, 1.807) is 0 Å². The highest BCUT2D eigenvalue weighted by atomic mass is 32.1. The molecule has 0 aliphatic heterocycles. The van der Waals surface area contributed by atoms with Crippen LogP contribution in [0, 0.1) is 17.2 Å². The smallest absolute Gasteiger partial charge is 0.314 e. The molecule has 1 heterocycles. The van der Waals surface area contributed by atoms with Crippen LogP contribution >= 0.6 is 12.2 Å². The number of nitrogens with one attached hydrogen (secondary N) is 1. The molecule has 1 aromatic heterocycles. The van der Waals surface area contributed by atoms with Gasteiger partial charge in [-0.1, -0.05) is 0 Å². The van der Waals surface area contributed by atoms with Gasteiger partial charge < -0.3 is 4.52 Å². The Bertz CT molecular complexity index is 293. The predicted octanol–water partition coefficient (Wildman–Crippen LogP) is 1.30. The Morgan fingerprint density at radius 3 is 3.10 bits per heavy atom. The average Bonchev–Trinajstić information content (AvgIpc) is 2.31. The highest BCUT2D eigenvalue weighted by molar-refractivity contribution is 7.71. The molecule has 52 valence electrons. The fourth-order valence-corrected chi connectivity index (χ4v) is 0.708. The molecular weight excluding hydrogens is 148 g/mol. The molecule has 0 radical (unpaired) electrons. The van der Waals surface area contributed by atoms with Crippen molar-refractivity contribution in [2.24, 2.45) is 0 Å². The zero-order valence-electron chi connectivity index (χ0n) is 5.26. The molecule has 0 atom stereocenters. The van der Waals surface area contributed by atoms with Crippen LogP contribution in [0.1, 0.15) is 12.2 Å². The highest BCUT2D eigenvalue weighted by Crippen LogP contribution is 1.94. The first-order valence-electron chi connectivity index (χ1n) is 2.81. The van der Waals surface area contributed by atoms with Crippen LogP contribution in [-0.4, -0.2) is 10.1 Å². The van der Waals surface area contributed by atoms with E-state index in [2.05, 4.69) is 32.8 Å². The van der Waals surface area contributed by atoms with Crippen molar-refractivity contribution in [1.82, 2.24) is 10.1 Å². The molecule has 1 N–H and O–H groups in total. The SMILES string of the molecule is C#CCCc1nc(=S)o[nH]1. The van der Waals surface area contributed by atoms with E-state index in [0.717, 1.165) is 0 Å². The van der Waals surface area contributed by atoms with E-state index >= 15 is 0 Å². The first-order chi connectivity index (χ1) is 4.83. The van der Waals surface area contributed by atoms with E-state index in [4.69, 9.17) is 6.42 Å². The van der Waals surface area contributed by atoms with Gasteiger partial charge in [0.25, 0.3) is 0 Å². The fraction of sp³-hybridized carbons (Fsp3) is 0.333. The van der Waals surface area contributed by atoms with Gasteiger partial charge in [0, 0.05) is 12.8 Å². The summed E-state index contributed by atoms with van der Waals surface area (Å²) in [5.74, 6) is 3.20. The number of rotatable bonds is 2. The maximum Gasteiger partial charge on any atom is 0.314 e. The predicted molar refractivity (Wildman–Crippen MR) is 38.8 cm³/mol. The molecule has 0 amide bonds. The molecule has 0 saturated heterocycles. The van der Waals surface area contributed by atoms with Crippen molar-refractivity contribution in [3.63, 3.8) is 0 Å². The van der Waals surface area contributed by atoms with Crippen LogP contribution in [0.15, 0.2) is 4.52 Å². The maximum atomic E-state index is 5.03. The quantitative estimate of drug-likeness (QED) is 0.515. The Morgan fingerprint density at radius 1 is 1.80 bits per heavy atom. The standard InChI is InChI=1S/C6H6N2OS/c1-2-3-4-5-7-6(10)9-8-5/h1H,3-4H2,(H,7,8,10). The van der Waals surface area contributed by atoms with Gasteiger partial charge in [-0.3, -0.25) is 0 Å². The molecule has 0 aliphatic carbocycles. The molecule has 0 aromatic carbocycles. The molecule has 10 heavy (non-hydrogen) atoms. The average molecular weight is 154 g/mol. The van der Waals surface area contributed by atoms with Gasteiger partial charge in [-0.05, 0) is 12.2 Å². The van der Waals surface area contributed by atoms with Crippen molar-refractivity contribution < 1.29 is 4.52 Å². The summed E-state index contributed by atoms with van der Waals surface area (Å²) in [6, 6.07) is 0. The van der Waals surface area contributed by atoms with Gasteiger partial charge in [-0.2, -0.15) is 4.98 Å². The minimum atomic E-state index is 0.229. The van der Waals surface area contributed by atoms with E-state index < -0.39 is 0 Å². The molecule has 0 unspecified atom stereocenters. The third kappa shape index (κ3) is 1.71. The topological polar surface area (TPSA) is 41.8 Å². The van der Waals surface area contributed by atoms with Gasteiger partial charge in [0.2, 0.25) is 0 Å². The lowest BCUT2D eigenvalue weighted by Gasteiger charge is -1.83. The Morgan fingerprint density at radius 2 is 2.60 bits per heavy atom. The van der Waals surface area contributed by atoms with Crippen LogP contribution in [0.5, 0.6) is 0 Å². The summed E-state index contributed by atoms with van der Waals surface area (Å²) in [7, 11) is 0. The van der Waals surface area contributed by atoms with Crippen molar-refractivity contribution in [3.05, 3.63) is 10.7 Å². The molecule has 0 spiro atoms. The molecule has 0 aliphatic rings. The zero-order chi connectivity index (χ0) is 7.40. The first kappa shape index (κ1) is 7.03. The Hall–Kier alpha value is -1.08. The number of aryl methyl sites for hydroxylation is 1. The van der Waals surface area contributed by atoms with E-state index in [9.17, 15) is 0 Å². The second-order valence-corrected chi connectivity index (χ2v) is 2.08. The minimum absolute atomic E-state index is 0.229. The van der Waals surface area contributed by atoms with Crippen LogP contribution in [0.3, 0.4) is 0 Å². The van der Waals surface area contributed by atoms with Crippen LogP contribution in [0.4, 0.5) is 0 Å². The number of aromatic amines is 1. The zero-order valence-corrected chi connectivity index (χ0v) is 6.07. The number of hydrogen-bond acceptors (Lipinski definition) is 3.